The van der Waals surface area contributed by atoms with Crippen LogP contribution in [0.2, 0.25) is 0 Å². The molecule has 0 aliphatic rings. The Morgan fingerprint density at radius 2 is 1.90 bits per heavy atom. The fraction of sp³-hybridized carbons (Fsp3) is 0.600. The minimum Gasteiger partial charge on any atom is -0.399 e. The monoisotopic (exact) mass is 314 g/mol. The first-order chi connectivity index (χ1) is 9.88. The molecule has 0 aliphatic heterocycles. The van der Waals surface area contributed by atoms with Crippen molar-refractivity contribution < 1.29 is 13.2 Å². The molecule has 0 atom stereocenters. The van der Waals surface area contributed by atoms with Crippen LogP contribution >= 0.6 is 0 Å². The van der Waals surface area contributed by atoms with Gasteiger partial charge in [0.25, 0.3) is 0 Å². The molecule has 0 heterocycles. The van der Waals surface area contributed by atoms with Crippen LogP contribution in [0.4, 0.5) is 5.69 Å². The maximum Gasteiger partial charge on any atom is 0.243 e. The Kier molecular flexibility index (Phi) is 6.64. The number of hydrogen-bond acceptors (Lipinski definition) is 4. The predicted octanol–water partition coefficient (Wildman–Crippen LogP) is 2.40. The van der Waals surface area contributed by atoms with Crippen LogP contribution in [-0.2, 0) is 14.8 Å². The highest BCUT2D eigenvalue weighted by atomic mass is 32.2. The van der Waals surface area contributed by atoms with Crippen LogP contribution in [0.25, 0.3) is 0 Å². The van der Waals surface area contributed by atoms with Gasteiger partial charge in [-0.15, -0.1) is 0 Å². The number of anilines is 1. The van der Waals surface area contributed by atoms with Crippen molar-refractivity contribution in [3.8, 4) is 0 Å². The third kappa shape index (κ3) is 4.18. The molecule has 120 valence electrons. The second-order valence-electron chi connectivity index (χ2n) is 5.10. The summed E-state index contributed by atoms with van der Waals surface area (Å²) in [5.74, 6) is 0. The van der Waals surface area contributed by atoms with Crippen molar-refractivity contribution in [1.29, 1.82) is 0 Å². The summed E-state index contributed by atoms with van der Waals surface area (Å²) < 4.78 is 32.6. The van der Waals surface area contributed by atoms with E-state index in [-0.39, 0.29) is 10.9 Å². The topological polar surface area (TPSA) is 72.6 Å². The number of nitrogens with zero attached hydrogens (tertiary/aromatic N) is 1. The number of ether oxygens (including phenoxy) is 1. The number of benzene rings is 1. The first kappa shape index (κ1) is 17.9. The van der Waals surface area contributed by atoms with Gasteiger partial charge in [0.15, 0.2) is 0 Å². The molecule has 0 aromatic heterocycles. The summed E-state index contributed by atoms with van der Waals surface area (Å²) >= 11 is 0. The van der Waals surface area contributed by atoms with Gasteiger partial charge < -0.3 is 10.5 Å². The summed E-state index contributed by atoms with van der Waals surface area (Å²) in [7, 11) is -2.00. The lowest BCUT2D eigenvalue weighted by molar-refractivity contribution is 0.163. The van der Waals surface area contributed by atoms with Crippen molar-refractivity contribution in [2.75, 3.05) is 26.0 Å². The number of aryl methyl sites for hydroxylation is 1. The molecule has 1 aromatic rings. The summed E-state index contributed by atoms with van der Waals surface area (Å²) in [6.07, 6.45) is 1.53. The van der Waals surface area contributed by atoms with Crippen molar-refractivity contribution in [3.05, 3.63) is 23.8 Å². The molecular formula is C15H26N2O3S. The van der Waals surface area contributed by atoms with E-state index in [4.69, 9.17) is 10.5 Å². The minimum atomic E-state index is -3.58. The summed E-state index contributed by atoms with van der Waals surface area (Å²) in [4.78, 5) is 0.283. The molecule has 0 unspecified atom stereocenters. The Morgan fingerprint density at radius 3 is 2.43 bits per heavy atom. The molecule has 5 nitrogen and oxygen atoms in total. The molecule has 0 fully saturated rings. The Hall–Kier alpha value is -1.11. The van der Waals surface area contributed by atoms with Crippen LogP contribution in [0.1, 0.15) is 32.3 Å². The fourth-order valence-electron chi connectivity index (χ4n) is 2.40. The second kappa shape index (κ2) is 7.77. The Morgan fingerprint density at radius 1 is 1.29 bits per heavy atom. The van der Waals surface area contributed by atoms with Gasteiger partial charge in [-0.1, -0.05) is 19.9 Å². The largest absolute Gasteiger partial charge is 0.399 e. The molecule has 2 N–H and O–H groups in total. The minimum absolute atomic E-state index is 0.0361. The van der Waals surface area contributed by atoms with Gasteiger partial charge in [0.1, 0.15) is 0 Å². The van der Waals surface area contributed by atoms with E-state index in [0.29, 0.717) is 24.4 Å². The van der Waals surface area contributed by atoms with E-state index in [1.54, 1.807) is 26.2 Å². The van der Waals surface area contributed by atoms with Crippen LogP contribution in [0, 0.1) is 6.92 Å². The van der Waals surface area contributed by atoms with E-state index in [2.05, 4.69) is 0 Å². The van der Waals surface area contributed by atoms with Crippen LogP contribution in [0.5, 0.6) is 0 Å². The lowest BCUT2D eigenvalue weighted by Gasteiger charge is -2.30. The highest BCUT2D eigenvalue weighted by molar-refractivity contribution is 7.89. The average Bonchev–Trinajstić information content (AvgIpc) is 2.45. The summed E-state index contributed by atoms with van der Waals surface area (Å²) in [5.41, 5.74) is 6.92. The van der Waals surface area contributed by atoms with Gasteiger partial charge in [0, 0.05) is 25.4 Å². The zero-order valence-corrected chi connectivity index (χ0v) is 14.1. The third-order valence-electron chi connectivity index (χ3n) is 3.66. The predicted molar refractivity (Wildman–Crippen MR) is 85.7 cm³/mol. The first-order valence-electron chi connectivity index (χ1n) is 7.25. The van der Waals surface area contributed by atoms with Crippen molar-refractivity contribution >= 4 is 15.7 Å². The molecular weight excluding hydrogens is 288 g/mol. The van der Waals surface area contributed by atoms with Gasteiger partial charge in [-0.05, 0) is 37.5 Å². The highest BCUT2D eigenvalue weighted by Gasteiger charge is 2.30. The van der Waals surface area contributed by atoms with Crippen LogP contribution in [-0.4, -0.2) is 39.0 Å². The van der Waals surface area contributed by atoms with E-state index in [9.17, 15) is 8.42 Å². The zero-order valence-electron chi connectivity index (χ0n) is 13.3. The normalized spacial score (nSPS) is 12.3. The molecule has 0 saturated heterocycles. The molecule has 0 amide bonds. The Balaban J connectivity index is 3.28. The van der Waals surface area contributed by atoms with Crippen LogP contribution in [0.3, 0.4) is 0 Å². The molecule has 6 heteroatoms. The number of methoxy groups -OCH3 is 1. The molecule has 0 aliphatic carbocycles. The molecule has 1 rings (SSSR count). The molecule has 0 spiro atoms. The van der Waals surface area contributed by atoms with Crippen molar-refractivity contribution in [2.24, 2.45) is 0 Å². The van der Waals surface area contributed by atoms with Crippen LogP contribution < -0.4 is 5.73 Å². The van der Waals surface area contributed by atoms with E-state index in [1.165, 1.54) is 10.4 Å². The van der Waals surface area contributed by atoms with Gasteiger partial charge in [-0.2, -0.15) is 4.31 Å². The fourth-order valence-corrected chi connectivity index (χ4v) is 4.42. The lowest BCUT2D eigenvalue weighted by Crippen LogP contribution is -2.42. The number of hydrogen-bond donors (Lipinski definition) is 1. The maximum absolute atomic E-state index is 13.0. The quantitative estimate of drug-likeness (QED) is 0.748. The number of rotatable bonds is 8. The van der Waals surface area contributed by atoms with Crippen LogP contribution in [0.15, 0.2) is 23.1 Å². The maximum atomic E-state index is 13.0. The lowest BCUT2D eigenvalue weighted by atomic mass is 10.2. The molecule has 0 bridgehead atoms. The number of nitrogen functional groups attached to an aromatic ring is 1. The van der Waals surface area contributed by atoms with Crippen molar-refractivity contribution in [3.63, 3.8) is 0 Å². The van der Waals surface area contributed by atoms with Gasteiger partial charge in [-0.3, -0.25) is 0 Å². The molecule has 0 radical (unpaired) electrons. The number of sulfonamides is 1. The van der Waals surface area contributed by atoms with Crippen molar-refractivity contribution in [2.45, 2.75) is 44.6 Å². The van der Waals surface area contributed by atoms with Crippen molar-refractivity contribution in [1.82, 2.24) is 4.31 Å². The van der Waals surface area contributed by atoms with E-state index >= 15 is 0 Å². The summed E-state index contributed by atoms with van der Waals surface area (Å²) in [5, 5.41) is 0. The highest BCUT2D eigenvalue weighted by Crippen LogP contribution is 2.25. The van der Waals surface area contributed by atoms with Gasteiger partial charge in [0.05, 0.1) is 11.5 Å². The summed E-state index contributed by atoms with van der Waals surface area (Å²) in [6.45, 7) is 6.50. The molecule has 1 aromatic carbocycles. The number of nitrogens with two attached hydrogens (primary N) is 1. The smallest absolute Gasteiger partial charge is 0.243 e. The summed E-state index contributed by atoms with van der Waals surface area (Å²) in [6, 6.07) is 4.95. The third-order valence-corrected chi connectivity index (χ3v) is 5.76. The van der Waals surface area contributed by atoms with E-state index < -0.39 is 10.0 Å². The zero-order chi connectivity index (χ0) is 16.0. The van der Waals surface area contributed by atoms with E-state index in [0.717, 1.165) is 12.8 Å². The SMILES string of the molecule is CCC(CC)N(CCOC)S(=O)(=O)c1cc(N)ccc1C. The van der Waals surface area contributed by atoms with Gasteiger partial charge in [0.2, 0.25) is 10.0 Å². The Bertz CT molecular complexity index is 554. The van der Waals surface area contributed by atoms with Gasteiger partial charge in [-0.25, -0.2) is 8.42 Å². The standard InChI is InChI=1S/C15H26N2O3S/c1-5-14(6-2)17(9-10-20-4)21(18,19)15-11-13(16)8-7-12(15)3/h7-8,11,14H,5-6,9-10,16H2,1-4H3. The first-order valence-corrected chi connectivity index (χ1v) is 8.69. The Labute approximate surface area is 128 Å². The van der Waals surface area contributed by atoms with E-state index in [1.807, 2.05) is 13.8 Å². The second-order valence-corrected chi connectivity index (χ2v) is 6.96. The van der Waals surface area contributed by atoms with Gasteiger partial charge >= 0.3 is 0 Å². The molecule has 0 saturated carbocycles. The molecule has 21 heavy (non-hydrogen) atoms. The average molecular weight is 314 g/mol.